The van der Waals surface area contributed by atoms with Gasteiger partial charge in [-0.05, 0) is 43.9 Å². The first-order chi connectivity index (χ1) is 8.22. The van der Waals surface area contributed by atoms with Crippen LogP contribution in [-0.4, -0.2) is 19.0 Å². The molecule has 1 aliphatic rings. The zero-order valence-corrected chi connectivity index (χ0v) is 10.7. The van der Waals surface area contributed by atoms with Crippen LogP contribution in [-0.2, 0) is 4.74 Å². The molecule has 0 aromatic heterocycles. The molecule has 2 N–H and O–H groups in total. The predicted molar refractivity (Wildman–Crippen MR) is 71.3 cm³/mol. The molecule has 0 bridgehead atoms. The van der Waals surface area contributed by atoms with Gasteiger partial charge in [-0.25, -0.2) is 0 Å². The van der Waals surface area contributed by atoms with Gasteiger partial charge in [0.1, 0.15) is 6.23 Å². The summed E-state index contributed by atoms with van der Waals surface area (Å²) >= 11 is 6.04. The zero-order valence-electron chi connectivity index (χ0n) is 9.92. The third-order valence-corrected chi connectivity index (χ3v) is 3.50. The molecule has 0 spiro atoms. The van der Waals surface area contributed by atoms with Gasteiger partial charge in [-0.1, -0.05) is 11.6 Å². The number of hydrogen-bond acceptors (Lipinski definition) is 3. The van der Waals surface area contributed by atoms with Crippen LogP contribution in [0.25, 0.3) is 0 Å². The maximum Gasteiger partial charge on any atom is 0.127 e. The van der Waals surface area contributed by atoms with Gasteiger partial charge in [-0.15, -0.1) is 0 Å². The largest absolute Gasteiger partial charge is 0.360 e. The molecule has 17 heavy (non-hydrogen) atoms. The third-order valence-electron chi connectivity index (χ3n) is 3.09. The minimum atomic E-state index is 0.0584. The van der Waals surface area contributed by atoms with Gasteiger partial charge in [-0.2, -0.15) is 0 Å². The van der Waals surface area contributed by atoms with Gasteiger partial charge in [0.2, 0.25) is 0 Å². The molecular weight excluding hydrogens is 236 g/mol. The van der Waals surface area contributed by atoms with E-state index in [4.69, 9.17) is 21.7 Å². The Morgan fingerprint density at radius 1 is 1.47 bits per heavy atom. The van der Waals surface area contributed by atoms with E-state index in [-0.39, 0.29) is 6.23 Å². The van der Waals surface area contributed by atoms with Crippen molar-refractivity contribution in [3.05, 3.63) is 28.3 Å². The van der Waals surface area contributed by atoms with Gasteiger partial charge < -0.3 is 15.5 Å². The molecule has 92 valence electrons. The van der Waals surface area contributed by atoms with Crippen molar-refractivity contribution in [3.63, 3.8) is 0 Å². The van der Waals surface area contributed by atoms with Crippen LogP contribution in [0, 0.1) is 12.3 Å². The summed E-state index contributed by atoms with van der Waals surface area (Å²) in [5.74, 6) is 0. The van der Waals surface area contributed by atoms with Crippen molar-refractivity contribution in [2.45, 2.75) is 32.4 Å². The second kappa shape index (κ2) is 5.52. The summed E-state index contributed by atoms with van der Waals surface area (Å²) in [6, 6.07) is 3.77. The molecule has 4 heteroatoms. The quantitative estimate of drug-likeness (QED) is 0.808. The maximum atomic E-state index is 7.47. The van der Waals surface area contributed by atoms with Gasteiger partial charge in [0.25, 0.3) is 0 Å². The highest BCUT2D eigenvalue weighted by atomic mass is 35.5. The zero-order chi connectivity index (χ0) is 12.3. The minimum Gasteiger partial charge on any atom is -0.360 e. The van der Waals surface area contributed by atoms with E-state index in [9.17, 15) is 0 Å². The van der Waals surface area contributed by atoms with Crippen LogP contribution in [0.4, 0.5) is 5.69 Å². The number of hydrogen-bond donors (Lipinski definition) is 2. The molecule has 1 aliphatic heterocycles. The Balaban J connectivity index is 2.19. The topological polar surface area (TPSA) is 45.1 Å². The van der Waals surface area contributed by atoms with E-state index in [1.165, 1.54) is 12.6 Å². The number of ether oxygens (including phenoxy) is 1. The lowest BCUT2D eigenvalue weighted by molar-refractivity contribution is 0.0343. The van der Waals surface area contributed by atoms with E-state index >= 15 is 0 Å². The van der Waals surface area contributed by atoms with E-state index in [1.807, 2.05) is 19.1 Å². The molecule has 0 saturated carbocycles. The van der Waals surface area contributed by atoms with Gasteiger partial charge in [-0.3, -0.25) is 0 Å². The fourth-order valence-corrected chi connectivity index (χ4v) is 2.21. The fourth-order valence-electron chi connectivity index (χ4n) is 2.04. The van der Waals surface area contributed by atoms with Crippen molar-refractivity contribution in [2.24, 2.45) is 0 Å². The molecule has 1 unspecified atom stereocenters. The molecule has 3 nitrogen and oxygen atoms in total. The Bertz CT molecular complexity index is 414. The molecule has 1 heterocycles. The number of anilines is 1. The molecule has 2 rings (SSSR count). The summed E-state index contributed by atoms with van der Waals surface area (Å²) in [5, 5.41) is 11.5. The number of halogens is 1. The summed E-state index contributed by atoms with van der Waals surface area (Å²) < 4.78 is 5.63. The highest BCUT2D eigenvalue weighted by Crippen LogP contribution is 2.26. The Hall–Kier alpha value is -1.06. The van der Waals surface area contributed by atoms with Crippen LogP contribution in [0.15, 0.2) is 12.1 Å². The highest BCUT2D eigenvalue weighted by molar-refractivity contribution is 6.31. The summed E-state index contributed by atoms with van der Waals surface area (Å²) in [5.41, 5.74) is 2.70. The Labute approximate surface area is 107 Å². The first-order valence-electron chi connectivity index (χ1n) is 5.90. The second-order valence-electron chi connectivity index (χ2n) is 4.28. The van der Waals surface area contributed by atoms with Crippen LogP contribution in [0.3, 0.4) is 0 Å². The van der Waals surface area contributed by atoms with Crippen LogP contribution < -0.4 is 5.32 Å². The summed E-state index contributed by atoms with van der Waals surface area (Å²) in [6.07, 6.45) is 4.73. The minimum absolute atomic E-state index is 0.0584. The normalized spacial score (nSPS) is 20.0. The molecule has 1 aromatic carbocycles. The van der Waals surface area contributed by atoms with Crippen LogP contribution in [0.2, 0.25) is 5.02 Å². The average Bonchev–Trinajstić information content (AvgIpc) is 2.36. The van der Waals surface area contributed by atoms with Crippen molar-refractivity contribution < 1.29 is 4.74 Å². The monoisotopic (exact) mass is 252 g/mol. The first-order valence-corrected chi connectivity index (χ1v) is 6.28. The highest BCUT2D eigenvalue weighted by Gasteiger charge is 2.15. The maximum absolute atomic E-state index is 7.47. The number of rotatable bonds is 3. The SMILES string of the molecule is Cc1c(Cl)ccc(NC2CCCCO2)c1C=N. The van der Waals surface area contributed by atoms with Crippen molar-refractivity contribution in [1.82, 2.24) is 0 Å². The van der Waals surface area contributed by atoms with E-state index in [0.29, 0.717) is 5.02 Å². The smallest absolute Gasteiger partial charge is 0.127 e. The molecule has 1 saturated heterocycles. The second-order valence-corrected chi connectivity index (χ2v) is 4.68. The molecular formula is C13H17ClN2O. The third kappa shape index (κ3) is 2.79. The lowest BCUT2D eigenvalue weighted by Crippen LogP contribution is -2.27. The Morgan fingerprint density at radius 2 is 2.29 bits per heavy atom. The van der Waals surface area contributed by atoms with Crippen LogP contribution >= 0.6 is 11.6 Å². The van der Waals surface area contributed by atoms with E-state index in [1.54, 1.807) is 0 Å². The lowest BCUT2D eigenvalue weighted by Gasteiger charge is -2.25. The van der Waals surface area contributed by atoms with Crippen LogP contribution in [0.1, 0.15) is 30.4 Å². The number of nitrogens with one attached hydrogen (secondary N) is 2. The van der Waals surface area contributed by atoms with Gasteiger partial charge >= 0.3 is 0 Å². The molecule has 1 aromatic rings. The molecule has 0 amide bonds. The average molecular weight is 253 g/mol. The fraction of sp³-hybridized carbons (Fsp3) is 0.462. The Kier molecular flexibility index (Phi) is 4.02. The molecule has 0 radical (unpaired) electrons. The number of benzene rings is 1. The van der Waals surface area contributed by atoms with E-state index in [2.05, 4.69) is 5.32 Å². The summed E-state index contributed by atoms with van der Waals surface area (Å²) in [6.45, 7) is 2.74. The molecule has 1 atom stereocenters. The first kappa shape index (κ1) is 12.4. The van der Waals surface area contributed by atoms with Crippen LogP contribution in [0.5, 0.6) is 0 Å². The molecule has 1 fully saturated rings. The van der Waals surface area contributed by atoms with E-state index in [0.717, 1.165) is 36.3 Å². The van der Waals surface area contributed by atoms with E-state index < -0.39 is 0 Å². The predicted octanol–water partition coefficient (Wildman–Crippen LogP) is 3.58. The lowest BCUT2D eigenvalue weighted by atomic mass is 10.1. The van der Waals surface area contributed by atoms with Gasteiger partial charge in [0.15, 0.2) is 0 Å². The summed E-state index contributed by atoms with van der Waals surface area (Å²) in [4.78, 5) is 0. The molecule has 0 aliphatic carbocycles. The standard InChI is InChI=1S/C13H17ClN2O/c1-9-10(8-15)12(6-5-11(9)14)16-13-4-2-3-7-17-13/h5-6,8,13,15-16H,2-4,7H2,1H3. The Morgan fingerprint density at radius 3 is 2.94 bits per heavy atom. The van der Waals surface area contributed by atoms with Crippen molar-refractivity contribution >= 4 is 23.5 Å². The summed E-state index contributed by atoms with van der Waals surface area (Å²) in [7, 11) is 0. The van der Waals surface area contributed by atoms with Crippen molar-refractivity contribution in [2.75, 3.05) is 11.9 Å². The van der Waals surface area contributed by atoms with Gasteiger partial charge in [0.05, 0.1) is 0 Å². The van der Waals surface area contributed by atoms with Crippen molar-refractivity contribution in [1.29, 1.82) is 5.41 Å². The van der Waals surface area contributed by atoms with Crippen molar-refractivity contribution in [3.8, 4) is 0 Å². The van der Waals surface area contributed by atoms with Gasteiger partial charge in [0, 0.05) is 29.1 Å².